The van der Waals surface area contributed by atoms with Gasteiger partial charge in [0.15, 0.2) is 20.4 Å². The molecule has 2 aromatic heterocycles. The van der Waals surface area contributed by atoms with Crippen molar-refractivity contribution in [3.05, 3.63) is 22.3 Å². The highest BCUT2D eigenvalue weighted by Gasteiger charge is 2.36. The van der Waals surface area contributed by atoms with Crippen LogP contribution >= 0.6 is 23.6 Å². The molecule has 0 radical (unpaired) electrons. The summed E-state index contributed by atoms with van der Waals surface area (Å²) in [5.41, 5.74) is 0. The van der Waals surface area contributed by atoms with Gasteiger partial charge in [0.25, 0.3) is 0 Å². The maximum atomic E-state index is 13.3. The molecular formula is C17H24N4O3S3. The van der Waals surface area contributed by atoms with E-state index in [-0.39, 0.29) is 23.5 Å². The van der Waals surface area contributed by atoms with Gasteiger partial charge in [-0.05, 0) is 43.4 Å². The molecule has 27 heavy (non-hydrogen) atoms. The Bertz CT molecular complexity index is 946. The maximum absolute atomic E-state index is 13.3. The minimum absolute atomic E-state index is 0.0454. The highest BCUT2D eigenvalue weighted by Crippen LogP contribution is 2.28. The standard InChI is InChI=1S/C17H24N4O3S3/c1-3-4-8-20(13-7-10-27(23,24)11-13)16(22)12(2)21-15(18-19-17(21)25)14-6-5-9-26-14/h5-6,9,12-13H,3-4,7-8,10-11H2,1-2H3,(H,19,25). The quantitative estimate of drug-likeness (QED) is 0.685. The van der Waals surface area contributed by atoms with E-state index < -0.39 is 15.9 Å². The summed E-state index contributed by atoms with van der Waals surface area (Å²) >= 11 is 6.90. The number of H-pyrrole nitrogens is 1. The number of thiophene rings is 1. The number of aromatic amines is 1. The van der Waals surface area contributed by atoms with Crippen molar-refractivity contribution in [3.63, 3.8) is 0 Å². The van der Waals surface area contributed by atoms with E-state index in [9.17, 15) is 13.2 Å². The van der Waals surface area contributed by atoms with Crippen molar-refractivity contribution in [2.45, 2.75) is 45.2 Å². The Labute approximate surface area is 168 Å². The Kier molecular flexibility index (Phi) is 6.17. The van der Waals surface area contributed by atoms with Crippen LogP contribution in [0.3, 0.4) is 0 Å². The summed E-state index contributed by atoms with van der Waals surface area (Å²) in [6.07, 6.45) is 2.27. The Morgan fingerprint density at radius 2 is 2.33 bits per heavy atom. The molecular weight excluding hydrogens is 404 g/mol. The van der Waals surface area contributed by atoms with Crippen molar-refractivity contribution >= 4 is 39.3 Å². The van der Waals surface area contributed by atoms with Crippen LogP contribution in [0.1, 0.15) is 39.2 Å². The first-order valence-electron chi connectivity index (χ1n) is 9.05. The second-order valence-electron chi connectivity index (χ2n) is 6.82. The first-order valence-corrected chi connectivity index (χ1v) is 12.2. The van der Waals surface area contributed by atoms with Crippen molar-refractivity contribution in [2.24, 2.45) is 0 Å². The molecule has 1 fully saturated rings. The molecule has 1 aliphatic heterocycles. The van der Waals surface area contributed by atoms with Crippen LogP contribution < -0.4 is 0 Å². The predicted octanol–water partition coefficient (Wildman–Crippen LogP) is 3.05. The van der Waals surface area contributed by atoms with Gasteiger partial charge in [0.05, 0.1) is 16.4 Å². The van der Waals surface area contributed by atoms with Gasteiger partial charge in [-0.3, -0.25) is 14.5 Å². The lowest BCUT2D eigenvalue weighted by atomic mass is 10.1. The number of amides is 1. The molecule has 0 aromatic carbocycles. The summed E-state index contributed by atoms with van der Waals surface area (Å²) in [7, 11) is -3.07. The molecule has 10 heteroatoms. The number of carbonyl (C=O) groups excluding carboxylic acids is 1. The first kappa shape index (κ1) is 20.2. The molecule has 2 atom stereocenters. The number of nitrogens with one attached hydrogen (secondary N) is 1. The molecule has 1 saturated heterocycles. The van der Waals surface area contributed by atoms with E-state index in [0.29, 0.717) is 23.6 Å². The van der Waals surface area contributed by atoms with E-state index in [2.05, 4.69) is 17.1 Å². The minimum Gasteiger partial charge on any atom is -0.337 e. The van der Waals surface area contributed by atoms with Gasteiger partial charge in [-0.2, -0.15) is 5.10 Å². The molecule has 2 unspecified atom stereocenters. The van der Waals surface area contributed by atoms with Gasteiger partial charge in [-0.1, -0.05) is 19.4 Å². The largest absolute Gasteiger partial charge is 0.337 e. The SMILES string of the molecule is CCCCN(C(=O)C(C)n1c(-c2cccs2)n[nH]c1=S)C1CCS(=O)(=O)C1. The van der Waals surface area contributed by atoms with Crippen molar-refractivity contribution < 1.29 is 13.2 Å². The zero-order valence-electron chi connectivity index (χ0n) is 15.4. The number of sulfone groups is 1. The number of hydrogen-bond acceptors (Lipinski definition) is 6. The van der Waals surface area contributed by atoms with E-state index in [0.717, 1.165) is 17.7 Å². The van der Waals surface area contributed by atoms with Crippen molar-refractivity contribution in [1.29, 1.82) is 0 Å². The number of hydrogen-bond donors (Lipinski definition) is 1. The molecule has 1 N–H and O–H groups in total. The van der Waals surface area contributed by atoms with Gasteiger partial charge >= 0.3 is 0 Å². The fourth-order valence-electron chi connectivity index (χ4n) is 3.42. The molecule has 2 aromatic rings. The van der Waals surface area contributed by atoms with Crippen LogP contribution in [0.25, 0.3) is 10.7 Å². The lowest BCUT2D eigenvalue weighted by molar-refractivity contribution is -0.136. The Morgan fingerprint density at radius 1 is 1.56 bits per heavy atom. The Hall–Kier alpha value is -1.52. The zero-order chi connectivity index (χ0) is 19.6. The number of rotatable bonds is 7. The molecule has 0 bridgehead atoms. The highest BCUT2D eigenvalue weighted by molar-refractivity contribution is 7.91. The monoisotopic (exact) mass is 428 g/mol. The smallest absolute Gasteiger partial charge is 0.245 e. The highest BCUT2D eigenvalue weighted by atomic mass is 32.2. The normalized spacial score (nSPS) is 19.9. The summed E-state index contributed by atoms with van der Waals surface area (Å²) in [6.45, 7) is 4.41. The third kappa shape index (κ3) is 4.33. The van der Waals surface area contributed by atoms with Gasteiger partial charge in [-0.25, -0.2) is 8.42 Å². The first-order chi connectivity index (χ1) is 12.8. The maximum Gasteiger partial charge on any atom is 0.245 e. The Morgan fingerprint density at radius 3 is 2.93 bits per heavy atom. The summed E-state index contributed by atoms with van der Waals surface area (Å²) < 4.78 is 26.0. The molecule has 1 amide bonds. The molecule has 0 saturated carbocycles. The average Bonchev–Trinajstić information content (AvgIpc) is 3.34. The van der Waals surface area contributed by atoms with Gasteiger partial charge in [0, 0.05) is 12.6 Å². The van der Waals surface area contributed by atoms with Crippen LogP contribution in [-0.4, -0.2) is 58.1 Å². The summed E-state index contributed by atoms with van der Waals surface area (Å²) in [4.78, 5) is 16.0. The van der Waals surface area contributed by atoms with Crippen LogP contribution in [0.2, 0.25) is 0 Å². The molecule has 0 spiro atoms. The van der Waals surface area contributed by atoms with Crippen LogP contribution in [-0.2, 0) is 14.6 Å². The molecule has 7 nitrogen and oxygen atoms in total. The van der Waals surface area contributed by atoms with Gasteiger partial charge in [-0.15, -0.1) is 11.3 Å². The fraction of sp³-hybridized carbons (Fsp3) is 0.588. The summed E-state index contributed by atoms with van der Waals surface area (Å²) in [6, 6.07) is 3.03. The van der Waals surface area contributed by atoms with Crippen molar-refractivity contribution in [1.82, 2.24) is 19.7 Å². The van der Waals surface area contributed by atoms with Crippen molar-refractivity contribution in [2.75, 3.05) is 18.1 Å². The molecule has 1 aliphatic rings. The minimum atomic E-state index is -3.07. The summed E-state index contributed by atoms with van der Waals surface area (Å²) in [5, 5.41) is 9.02. The second-order valence-corrected chi connectivity index (χ2v) is 10.4. The van der Waals surface area contributed by atoms with E-state index in [4.69, 9.17) is 12.2 Å². The third-order valence-corrected chi connectivity index (χ3v) is 7.78. The summed E-state index contributed by atoms with van der Waals surface area (Å²) in [5.74, 6) is 0.711. The number of carbonyl (C=O) groups is 1. The van der Waals surface area contributed by atoms with Gasteiger partial charge < -0.3 is 4.90 Å². The number of nitrogens with zero attached hydrogens (tertiary/aromatic N) is 3. The lowest BCUT2D eigenvalue weighted by Gasteiger charge is -2.31. The van der Waals surface area contributed by atoms with Gasteiger partial charge in [0.1, 0.15) is 6.04 Å². The zero-order valence-corrected chi connectivity index (χ0v) is 17.9. The number of aromatic nitrogens is 3. The van der Waals surface area contributed by atoms with Crippen molar-refractivity contribution in [3.8, 4) is 10.7 Å². The van der Waals surface area contributed by atoms with Gasteiger partial charge in [0.2, 0.25) is 5.91 Å². The van der Waals surface area contributed by atoms with E-state index in [1.165, 1.54) is 11.3 Å². The molecule has 0 aliphatic carbocycles. The third-order valence-electron chi connectivity index (χ3n) is 4.88. The van der Waals surface area contributed by atoms with E-state index in [1.807, 2.05) is 17.5 Å². The topological polar surface area (TPSA) is 88.1 Å². The van der Waals surface area contributed by atoms with Crippen LogP contribution in [0.5, 0.6) is 0 Å². The average molecular weight is 429 g/mol. The molecule has 3 rings (SSSR count). The second kappa shape index (κ2) is 8.24. The van der Waals surface area contributed by atoms with E-state index in [1.54, 1.807) is 16.4 Å². The molecule has 3 heterocycles. The Balaban J connectivity index is 1.90. The van der Waals surface area contributed by atoms with Crippen LogP contribution in [0, 0.1) is 4.77 Å². The predicted molar refractivity (Wildman–Crippen MR) is 109 cm³/mol. The van der Waals surface area contributed by atoms with Crippen LogP contribution in [0.15, 0.2) is 17.5 Å². The number of unbranched alkanes of at least 4 members (excludes halogenated alkanes) is 1. The molecule has 148 valence electrons. The van der Waals surface area contributed by atoms with Crippen LogP contribution in [0.4, 0.5) is 0 Å². The fourth-order valence-corrected chi connectivity index (χ4v) is 6.15. The lowest BCUT2D eigenvalue weighted by Crippen LogP contribution is -2.45. The van der Waals surface area contributed by atoms with E-state index >= 15 is 0 Å².